The Kier molecular flexibility index (Phi) is 6.49. The zero-order valence-corrected chi connectivity index (χ0v) is 20.8. The molecule has 2 aromatic heterocycles. The molecule has 0 amide bonds. The molecule has 35 heavy (non-hydrogen) atoms. The fraction of sp³-hybridized carbons (Fsp3) is 0.240. The van der Waals surface area contributed by atoms with Crippen LogP contribution < -0.4 is 15.2 Å². The molecule has 0 fully saturated rings. The SMILES string of the molecule is CCc1ccc(S(=O)(=O)Nc2cc(C(=O)c3cn(C(C)C)c4ncnc(N)c34)ccc2OC)cc1. The number of nitrogen functional groups attached to an aromatic ring is 1. The van der Waals surface area contributed by atoms with Gasteiger partial charge in [-0.05, 0) is 56.2 Å². The normalized spacial score (nSPS) is 11.7. The molecule has 0 radical (unpaired) electrons. The van der Waals surface area contributed by atoms with Crippen LogP contribution in [0.1, 0.15) is 48.3 Å². The van der Waals surface area contributed by atoms with Gasteiger partial charge in [-0.25, -0.2) is 18.4 Å². The van der Waals surface area contributed by atoms with Gasteiger partial charge in [0.1, 0.15) is 23.5 Å². The van der Waals surface area contributed by atoms with Gasteiger partial charge in [0, 0.05) is 17.8 Å². The molecule has 0 aliphatic rings. The molecular formula is C25H27N5O4S. The van der Waals surface area contributed by atoms with Gasteiger partial charge in [0.15, 0.2) is 5.78 Å². The molecule has 0 aliphatic heterocycles. The molecule has 0 saturated heterocycles. The number of hydrogen-bond donors (Lipinski definition) is 2. The maximum absolute atomic E-state index is 13.6. The van der Waals surface area contributed by atoms with Crippen molar-refractivity contribution in [2.45, 2.75) is 38.1 Å². The number of aromatic nitrogens is 3. The number of nitrogens with one attached hydrogen (secondary N) is 1. The second-order valence-electron chi connectivity index (χ2n) is 8.35. The highest BCUT2D eigenvalue weighted by Gasteiger charge is 2.23. The average molecular weight is 494 g/mol. The molecule has 4 aromatic rings. The van der Waals surface area contributed by atoms with Crippen LogP contribution in [0.3, 0.4) is 0 Å². The molecule has 3 N–H and O–H groups in total. The van der Waals surface area contributed by atoms with Crippen molar-refractivity contribution < 1.29 is 17.9 Å². The van der Waals surface area contributed by atoms with Gasteiger partial charge in [-0.2, -0.15) is 0 Å². The van der Waals surface area contributed by atoms with E-state index >= 15 is 0 Å². The Labute approximate surface area is 204 Å². The number of nitrogens with two attached hydrogens (primary N) is 1. The van der Waals surface area contributed by atoms with Gasteiger partial charge >= 0.3 is 0 Å². The topological polar surface area (TPSA) is 129 Å². The van der Waals surface area contributed by atoms with Crippen molar-refractivity contribution in [3.63, 3.8) is 0 Å². The number of hydrogen-bond acceptors (Lipinski definition) is 7. The number of fused-ring (bicyclic) bond motifs is 1. The molecule has 0 bridgehead atoms. The minimum Gasteiger partial charge on any atom is -0.495 e. The molecule has 182 valence electrons. The highest BCUT2D eigenvalue weighted by Crippen LogP contribution is 2.32. The van der Waals surface area contributed by atoms with Crippen molar-refractivity contribution in [1.29, 1.82) is 0 Å². The maximum atomic E-state index is 13.6. The lowest BCUT2D eigenvalue weighted by Crippen LogP contribution is -2.14. The highest BCUT2D eigenvalue weighted by molar-refractivity contribution is 7.92. The monoisotopic (exact) mass is 493 g/mol. The molecule has 9 nitrogen and oxygen atoms in total. The van der Waals surface area contributed by atoms with Crippen LogP contribution in [0.5, 0.6) is 5.75 Å². The minimum absolute atomic E-state index is 0.0330. The number of anilines is 2. The molecule has 0 atom stereocenters. The van der Waals surface area contributed by atoms with Gasteiger partial charge in [-0.15, -0.1) is 0 Å². The number of ketones is 1. The predicted octanol–water partition coefficient (Wildman–Crippen LogP) is 4.20. The van der Waals surface area contributed by atoms with E-state index in [0.29, 0.717) is 16.6 Å². The number of ether oxygens (including phenoxy) is 1. The molecule has 10 heteroatoms. The first kappa shape index (κ1) is 24.2. The largest absolute Gasteiger partial charge is 0.495 e. The van der Waals surface area contributed by atoms with Crippen molar-refractivity contribution in [3.8, 4) is 5.75 Å². The lowest BCUT2D eigenvalue weighted by Gasteiger charge is -2.13. The van der Waals surface area contributed by atoms with Crippen LogP contribution in [0.2, 0.25) is 0 Å². The second-order valence-corrected chi connectivity index (χ2v) is 10.0. The van der Waals surface area contributed by atoms with Crippen molar-refractivity contribution in [1.82, 2.24) is 14.5 Å². The number of rotatable bonds is 8. The second kappa shape index (κ2) is 9.38. The summed E-state index contributed by atoms with van der Waals surface area (Å²) in [4.78, 5) is 22.0. The molecule has 0 spiro atoms. The number of methoxy groups -OCH3 is 1. The van der Waals surface area contributed by atoms with Gasteiger partial charge in [-0.3, -0.25) is 9.52 Å². The number of sulfonamides is 1. The zero-order chi connectivity index (χ0) is 25.3. The van der Waals surface area contributed by atoms with Crippen LogP contribution in [-0.2, 0) is 16.4 Å². The Morgan fingerprint density at radius 3 is 2.49 bits per heavy atom. The van der Waals surface area contributed by atoms with Crippen molar-refractivity contribution in [2.75, 3.05) is 17.6 Å². The summed E-state index contributed by atoms with van der Waals surface area (Å²) in [5, 5.41) is 0.458. The van der Waals surface area contributed by atoms with E-state index in [0.717, 1.165) is 12.0 Å². The van der Waals surface area contributed by atoms with Gasteiger partial charge in [-0.1, -0.05) is 19.1 Å². The van der Waals surface area contributed by atoms with Gasteiger partial charge in [0.25, 0.3) is 10.0 Å². The van der Waals surface area contributed by atoms with Crippen LogP contribution in [0.15, 0.2) is 59.9 Å². The summed E-state index contributed by atoms with van der Waals surface area (Å²) in [6.07, 6.45) is 3.86. The Bertz CT molecular complexity index is 1510. The molecule has 0 unspecified atom stereocenters. The number of aryl methyl sites for hydroxylation is 1. The van der Waals surface area contributed by atoms with E-state index in [2.05, 4.69) is 14.7 Å². The van der Waals surface area contributed by atoms with Crippen molar-refractivity contribution in [3.05, 3.63) is 71.7 Å². The lowest BCUT2D eigenvalue weighted by molar-refractivity contribution is 0.104. The van der Waals surface area contributed by atoms with Crippen molar-refractivity contribution in [2.24, 2.45) is 0 Å². The van der Waals surface area contributed by atoms with Crippen LogP contribution in [0.25, 0.3) is 11.0 Å². The fourth-order valence-corrected chi connectivity index (χ4v) is 4.93. The van der Waals surface area contributed by atoms with E-state index < -0.39 is 10.0 Å². The predicted molar refractivity (Wildman–Crippen MR) is 135 cm³/mol. The number of nitrogens with zero attached hydrogens (tertiary/aromatic N) is 3. The van der Waals surface area contributed by atoms with E-state index in [1.54, 1.807) is 42.6 Å². The van der Waals surface area contributed by atoms with E-state index in [9.17, 15) is 13.2 Å². The number of benzene rings is 2. The summed E-state index contributed by atoms with van der Waals surface area (Å²) in [5.41, 5.74) is 8.43. The Morgan fingerprint density at radius 1 is 1.14 bits per heavy atom. The summed E-state index contributed by atoms with van der Waals surface area (Å²) in [7, 11) is -2.48. The van der Waals surface area contributed by atoms with Crippen LogP contribution in [-0.4, -0.2) is 35.8 Å². The third-order valence-electron chi connectivity index (χ3n) is 5.79. The minimum atomic E-state index is -3.91. The first-order valence-corrected chi connectivity index (χ1v) is 12.6. The van der Waals surface area contributed by atoms with Gasteiger partial charge in [0.05, 0.1) is 28.6 Å². The van der Waals surface area contributed by atoms with Crippen molar-refractivity contribution >= 4 is 38.3 Å². The molecule has 0 saturated carbocycles. The van der Waals surface area contributed by atoms with Gasteiger partial charge < -0.3 is 15.0 Å². The summed E-state index contributed by atoms with van der Waals surface area (Å²) in [6.45, 7) is 5.94. The third kappa shape index (κ3) is 4.57. The summed E-state index contributed by atoms with van der Waals surface area (Å²) < 4.78 is 35.8. The van der Waals surface area contributed by atoms with Gasteiger partial charge in [0.2, 0.25) is 0 Å². The third-order valence-corrected chi connectivity index (χ3v) is 7.17. The summed E-state index contributed by atoms with van der Waals surface area (Å²) in [6, 6.07) is 11.2. The van der Waals surface area contributed by atoms with E-state index in [1.165, 1.54) is 19.5 Å². The first-order valence-electron chi connectivity index (χ1n) is 11.1. The van der Waals surface area contributed by atoms with E-state index in [-0.39, 0.29) is 39.5 Å². The zero-order valence-electron chi connectivity index (χ0n) is 19.9. The molecular weight excluding hydrogens is 466 g/mol. The fourth-order valence-electron chi connectivity index (χ4n) is 3.87. The van der Waals surface area contributed by atoms with Crippen LogP contribution >= 0.6 is 0 Å². The molecule has 2 heterocycles. The Morgan fingerprint density at radius 2 is 1.86 bits per heavy atom. The number of carbonyl (C=O) groups excluding carboxylic acids is 1. The first-order chi connectivity index (χ1) is 16.7. The quantitative estimate of drug-likeness (QED) is 0.352. The number of carbonyl (C=O) groups is 1. The Hall–Kier alpha value is -3.92. The van der Waals surface area contributed by atoms with E-state index in [4.69, 9.17) is 10.5 Å². The summed E-state index contributed by atoms with van der Waals surface area (Å²) >= 11 is 0. The Balaban J connectivity index is 1.76. The maximum Gasteiger partial charge on any atom is 0.262 e. The average Bonchev–Trinajstić information content (AvgIpc) is 3.25. The lowest BCUT2D eigenvalue weighted by atomic mass is 10.0. The van der Waals surface area contributed by atoms with Crippen LogP contribution in [0.4, 0.5) is 11.5 Å². The molecule has 2 aromatic carbocycles. The molecule has 0 aliphatic carbocycles. The van der Waals surface area contributed by atoms with Crippen LogP contribution in [0, 0.1) is 0 Å². The molecule has 4 rings (SSSR count). The summed E-state index contributed by atoms with van der Waals surface area (Å²) in [5.74, 6) is 0.136. The van der Waals surface area contributed by atoms with E-state index in [1.807, 2.05) is 25.3 Å². The standard InChI is InChI=1S/C25H27N5O4S/c1-5-16-6-9-18(10-7-16)35(32,33)29-20-12-17(8-11-21(20)34-4)23(31)19-13-30(15(2)3)25-22(19)24(26)27-14-28-25/h6-15,29H,5H2,1-4H3,(H2,26,27,28). The highest BCUT2D eigenvalue weighted by atomic mass is 32.2. The smallest absolute Gasteiger partial charge is 0.262 e.